The van der Waals surface area contributed by atoms with Gasteiger partial charge in [0.15, 0.2) is 0 Å². The van der Waals surface area contributed by atoms with Gasteiger partial charge in [-0.15, -0.1) is 0 Å². The monoisotopic (exact) mass is 285 g/mol. The van der Waals surface area contributed by atoms with Crippen LogP contribution in [0.2, 0.25) is 0 Å². The van der Waals surface area contributed by atoms with E-state index in [1.807, 2.05) is 13.8 Å². The molecule has 3 nitrogen and oxygen atoms in total. The fourth-order valence-electron chi connectivity index (χ4n) is 3.81. The van der Waals surface area contributed by atoms with E-state index in [-0.39, 0.29) is 0 Å². The van der Waals surface area contributed by atoms with Gasteiger partial charge >= 0.3 is 0 Å². The standard InChI is InChI=1S/C13H25N3S.C2H6/c14-17-16(8-11-4-2-1-3-5-11)12-6-13(7-12)9-15-10-13;1-2/h11-12,15H,1-10,14H2;1-2H3. The molecule has 19 heavy (non-hydrogen) atoms. The second kappa shape index (κ2) is 7.30. The van der Waals surface area contributed by atoms with Gasteiger partial charge < -0.3 is 5.32 Å². The van der Waals surface area contributed by atoms with Crippen molar-refractivity contribution in [1.29, 1.82) is 0 Å². The molecule has 0 aromatic carbocycles. The highest BCUT2D eigenvalue weighted by Gasteiger charge is 2.50. The lowest BCUT2D eigenvalue weighted by molar-refractivity contribution is -0.00786. The maximum atomic E-state index is 5.88. The first-order chi connectivity index (χ1) is 9.31. The third-order valence-electron chi connectivity index (χ3n) is 5.04. The zero-order chi connectivity index (χ0) is 13.7. The molecule has 0 atom stereocenters. The van der Waals surface area contributed by atoms with Gasteiger partial charge in [0.05, 0.1) is 0 Å². The lowest BCUT2D eigenvalue weighted by atomic mass is 9.61. The van der Waals surface area contributed by atoms with Crippen molar-refractivity contribution in [2.24, 2.45) is 16.5 Å². The maximum Gasteiger partial charge on any atom is 0.0227 e. The van der Waals surface area contributed by atoms with Gasteiger partial charge in [-0.05, 0) is 37.0 Å². The molecule has 3 fully saturated rings. The minimum Gasteiger partial charge on any atom is -0.316 e. The Hall–Kier alpha value is 0.230. The predicted octanol–water partition coefficient (Wildman–Crippen LogP) is 3.17. The summed E-state index contributed by atoms with van der Waals surface area (Å²) >= 11 is 1.50. The number of nitrogens with two attached hydrogens (primary N) is 1. The Morgan fingerprint density at radius 1 is 1.16 bits per heavy atom. The highest BCUT2D eigenvalue weighted by Crippen LogP contribution is 2.47. The van der Waals surface area contributed by atoms with E-state index >= 15 is 0 Å². The average Bonchev–Trinajstić information content (AvgIpc) is 2.38. The summed E-state index contributed by atoms with van der Waals surface area (Å²) in [6.45, 7) is 7.72. The van der Waals surface area contributed by atoms with Crippen molar-refractivity contribution in [3.05, 3.63) is 0 Å². The number of nitrogens with one attached hydrogen (secondary N) is 1. The smallest absolute Gasteiger partial charge is 0.0227 e. The van der Waals surface area contributed by atoms with Crippen molar-refractivity contribution in [2.45, 2.75) is 64.8 Å². The Morgan fingerprint density at radius 3 is 2.26 bits per heavy atom. The van der Waals surface area contributed by atoms with Gasteiger partial charge in [0, 0.05) is 37.8 Å². The molecule has 2 saturated carbocycles. The summed E-state index contributed by atoms with van der Waals surface area (Å²) in [6.07, 6.45) is 9.92. The van der Waals surface area contributed by atoms with Crippen LogP contribution in [0.1, 0.15) is 58.8 Å². The van der Waals surface area contributed by atoms with Crippen LogP contribution < -0.4 is 10.5 Å². The summed E-state index contributed by atoms with van der Waals surface area (Å²) in [4.78, 5) is 0. The molecule has 1 heterocycles. The molecular formula is C15H31N3S. The van der Waals surface area contributed by atoms with Gasteiger partial charge in [-0.1, -0.05) is 33.1 Å². The van der Waals surface area contributed by atoms with Gasteiger partial charge in [0.2, 0.25) is 0 Å². The second-order valence-corrected chi connectivity index (χ2v) is 7.05. The van der Waals surface area contributed by atoms with Crippen molar-refractivity contribution in [1.82, 2.24) is 9.62 Å². The molecule has 0 amide bonds. The minimum absolute atomic E-state index is 0.672. The highest BCUT2D eigenvalue weighted by molar-refractivity contribution is 7.94. The molecule has 3 rings (SSSR count). The van der Waals surface area contributed by atoms with E-state index in [1.54, 1.807) is 0 Å². The summed E-state index contributed by atoms with van der Waals surface area (Å²) in [7, 11) is 0. The number of hydrogen-bond acceptors (Lipinski definition) is 4. The van der Waals surface area contributed by atoms with Gasteiger partial charge in [-0.25, -0.2) is 4.31 Å². The molecule has 3 aliphatic rings. The van der Waals surface area contributed by atoms with Crippen LogP contribution in [-0.2, 0) is 0 Å². The predicted molar refractivity (Wildman–Crippen MR) is 84.7 cm³/mol. The first-order valence-electron chi connectivity index (χ1n) is 8.16. The SMILES string of the molecule is CC.NSN(CC1CCCCC1)C1CC2(CNC2)C1. The molecule has 112 valence electrons. The van der Waals surface area contributed by atoms with Crippen molar-refractivity contribution in [2.75, 3.05) is 19.6 Å². The lowest BCUT2D eigenvalue weighted by Gasteiger charge is -2.57. The van der Waals surface area contributed by atoms with E-state index < -0.39 is 0 Å². The largest absolute Gasteiger partial charge is 0.316 e. The fourth-order valence-corrected chi connectivity index (χ4v) is 4.43. The molecule has 4 heteroatoms. The molecule has 1 aliphatic heterocycles. The number of rotatable bonds is 4. The van der Waals surface area contributed by atoms with Crippen molar-refractivity contribution >= 4 is 12.1 Å². The van der Waals surface area contributed by atoms with Crippen molar-refractivity contribution in [3.63, 3.8) is 0 Å². The van der Waals surface area contributed by atoms with Crippen LogP contribution in [0.5, 0.6) is 0 Å². The van der Waals surface area contributed by atoms with Crippen LogP contribution in [0.3, 0.4) is 0 Å². The zero-order valence-electron chi connectivity index (χ0n) is 12.7. The van der Waals surface area contributed by atoms with Gasteiger partial charge in [0.25, 0.3) is 0 Å². The third-order valence-corrected chi connectivity index (χ3v) is 5.76. The molecule has 0 bridgehead atoms. The molecule has 1 saturated heterocycles. The molecule has 0 radical (unpaired) electrons. The Balaban J connectivity index is 0.000000637. The quantitative estimate of drug-likeness (QED) is 0.779. The van der Waals surface area contributed by atoms with Gasteiger partial charge in [0.1, 0.15) is 0 Å². The molecule has 2 aliphatic carbocycles. The van der Waals surface area contributed by atoms with E-state index in [2.05, 4.69) is 9.62 Å². The summed E-state index contributed by atoms with van der Waals surface area (Å²) in [6, 6.07) is 0.758. The highest BCUT2D eigenvalue weighted by atomic mass is 32.2. The summed E-state index contributed by atoms with van der Waals surface area (Å²) < 4.78 is 2.49. The van der Waals surface area contributed by atoms with E-state index in [1.165, 1.54) is 76.7 Å². The summed E-state index contributed by atoms with van der Waals surface area (Å²) in [5.41, 5.74) is 0.672. The average molecular weight is 286 g/mol. The van der Waals surface area contributed by atoms with E-state index in [0.717, 1.165) is 12.0 Å². The first kappa shape index (κ1) is 15.6. The van der Waals surface area contributed by atoms with Crippen LogP contribution in [-0.4, -0.2) is 30.0 Å². The van der Waals surface area contributed by atoms with Crippen molar-refractivity contribution < 1.29 is 0 Å². The Morgan fingerprint density at radius 2 is 1.79 bits per heavy atom. The fraction of sp³-hybridized carbons (Fsp3) is 1.00. The molecular weight excluding hydrogens is 254 g/mol. The van der Waals surface area contributed by atoms with E-state index in [0.29, 0.717) is 5.41 Å². The third kappa shape index (κ3) is 3.66. The van der Waals surface area contributed by atoms with Crippen molar-refractivity contribution in [3.8, 4) is 0 Å². The van der Waals surface area contributed by atoms with E-state index in [9.17, 15) is 0 Å². The Kier molecular flexibility index (Phi) is 6.00. The summed E-state index contributed by atoms with van der Waals surface area (Å²) in [5, 5.41) is 9.28. The Labute approximate surface area is 123 Å². The Bertz CT molecular complexity index is 254. The summed E-state index contributed by atoms with van der Waals surface area (Å²) in [5.74, 6) is 0.913. The first-order valence-corrected chi connectivity index (χ1v) is 8.99. The van der Waals surface area contributed by atoms with Crippen LogP contribution >= 0.6 is 12.1 Å². The molecule has 3 N–H and O–H groups in total. The molecule has 0 aromatic heterocycles. The normalized spacial score (nSPS) is 26.5. The second-order valence-electron chi connectivity index (χ2n) is 6.37. The van der Waals surface area contributed by atoms with Crippen LogP contribution in [0.25, 0.3) is 0 Å². The zero-order valence-corrected chi connectivity index (χ0v) is 13.5. The van der Waals surface area contributed by atoms with Gasteiger partial charge in [-0.2, -0.15) is 0 Å². The topological polar surface area (TPSA) is 41.3 Å². The van der Waals surface area contributed by atoms with Crippen LogP contribution in [0, 0.1) is 11.3 Å². The number of nitrogens with zero attached hydrogens (tertiary/aromatic N) is 1. The van der Waals surface area contributed by atoms with Gasteiger partial charge in [-0.3, -0.25) is 5.14 Å². The molecule has 1 spiro atoms. The van der Waals surface area contributed by atoms with Crippen LogP contribution in [0.15, 0.2) is 0 Å². The maximum absolute atomic E-state index is 5.88. The van der Waals surface area contributed by atoms with Crippen LogP contribution in [0.4, 0.5) is 0 Å². The minimum atomic E-state index is 0.672. The molecule has 0 unspecified atom stereocenters. The van der Waals surface area contributed by atoms with E-state index in [4.69, 9.17) is 5.14 Å². The molecule has 0 aromatic rings. The number of hydrogen-bond donors (Lipinski definition) is 2. The lowest BCUT2D eigenvalue weighted by Crippen LogP contribution is -2.64.